The highest BCUT2D eigenvalue weighted by Crippen LogP contribution is 2.21. The van der Waals surface area contributed by atoms with E-state index in [4.69, 9.17) is 9.05 Å². The lowest BCUT2D eigenvalue weighted by Crippen LogP contribution is -2.27. The van der Waals surface area contributed by atoms with Crippen molar-refractivity contribution in [2.24, 2.45) is 0 Å². The van der Waals surface area contributed by atoms with Crippen molar-refractivity contribution in [1.29, 1.82) is 0 Å². The zero-order valence-corrected chi connectivity index (χ0v) is 11.8. The van der Waals surface area contributed by atoms with E-state index in [0.717, 1.165) is 0 Å². The van der Waals surface area contributed by atoms with Crippen LogP contribution in [-0.4, -0.2) is 23.7 Å². The van der Waals surface area contributed by atoms with E-state index in [1.54, 1.807) is 20.8 Å². The third-order valence-electron chi connectivity index (χ3n) is 2.48. The number of hydrogen-bond acceptors (Lipinski definition) is 7. The van der Waals surface area contributed by atoms with Crippen LogP contribution in [-0.2, 0) is 10.0 Å². The molecule has 0 saturated heterocycles. The molecule has 0 aliphatic heterocycles. The summed E-state index contributed by atoms with van der Waals surface area (Å²) in [5.41, 5.74) is 0.305. The number of aryl methyl sites for hydroxylation is 3. The Morgan fingerprint density at radius 3 is 2.32 bits per heavy atom. The minimum Gasteiger partial charge on any atom is -0.360 e. The molecule has 0 saturated carbocycles. The Bertz CT molecular complexity index is 669. The smallest absolute Gasteiger partial charge is 0.246 e. The highest BCUT2D eigenvalue weighted by atomic mass is 32.2. The fourth-order valence-corrected chi connectivity index (χ4v) is 3.22. The van der Waals surface area contributed by atoms with Gasteiger partial charge in [0.05, 0.1) is 6.04 Å². The lowest BCUT2D eigenvalue weighted by molar-refractivity contribution is 0.350. The lowest BCUT2D eigenvalue weighted by Gasteiger charge is -2.09. The average Bonchev–Trinajstić information content (AvgIpc) is 2.85. The van der Waals surface area contributed by atoms with E-state index in [-0.39, 0.29) is 16.5 Å². The minimum atomic E-state index is -3.75. The van der Waals surface area contributed by atoms with Crippen LogP contribution < -0.4 is 4.72 Å². The Kier molecular flexibility index (Phi) is 3.42. The molecule has 0 spiro atoms. The molecule has 0 amide bonds. The van der Waals surface area contributed by atoms with Gasteiger partial charge in [0.25, 0.3) is 0 Å². The fourth-order valence-electron chi connectivity index (χ4n) is 1.69. The molecular weight excluding hydrogens is 272 g/mol. The van der Waals surface area contributed by atoms with Crippen LogP contribution in [0.1, 0.15) is 36.1 Å². The molecular formula is C10H14N4O4S. The number of hydrogen-bond donors (Lipinski definition) is 1. The number of aromatic nitrogens is 3. The summed E-state index contributed by atoms with van der Waals surface area (Å²) in [5.74, 6) is 0.880. The number of sulfonamides is 1. The first-order valence-electron chi connectivity index (χ1n) is 5.56. The monoisotopic (exact) mass is 286 g/mol. The summed E-state index contributed by atoms with van der Waals surface area (Å²) in [6.45, 7) is 6.37. The van der Waals surface area contributed by atoms with E-state index < -0.39 is 16.1 Å². The number of nitrogens with zero attached hydrogens (tertiary/aromatic N) is 3. The summed E-state index contributed by atoms with van der Waals surface area (Å²) in [6.07, 6.45) is 0. The second-order valence-electron chi connectivity index (χ2n) is 4.18. The molecule has 0 aromatic carbocycles. The van der Waals surface area contributed by atoms with E-state index in [2.05, 4.69) is 20.0 Å². The molecule has 0 bridgehead atoms. The van der Waals surface area contributed by atoms with Crippen molar-refractivity contribution >= 4 is 10.0 Å². The third-order valence-corrected chi connectivity index (χ3v) is 4.27. The van der Waals surface area contributed by atoms with Crippen LogP contribution in [0.5, 0.6) is 0 Å². The molecule has 2 rings (SSSR count). The SMILES string of the molecule is Cc1noc(C(C)NS(=O)(=O)c2c(C)noc2C)n1. The van der Waals surface area contributed by atoms with Gasteiger partial charge in [0.1, 0.15) is 10.6 Å². The Hall–Kier alpha value is -1.74. The zero-order valence-electron chi connectivity index (χ0n) is 11.0. The Morgan fingerprint density at radius 2 is 1.84 bits per heavy atom. The highest BCUT2D eigenvalue weighted by molar-refractivity contribution is 7.89. The van der Waals surface area contributed by atoms with Crippen LogP contribution in [0.25, 0.3) is 0 Å². The van der Waals surface area contributed by atoms with Gasteiger partial charge in [-0.05, 0) is 27.7 Å². The van der Waals surface area contributed by atoms with Crippen molar-refractivity contribution in [2.45, 2.75) is 38.6 Å². The predicted molar refractivity (Wildman–Crippen MR) is 63.7 cm³/mol. The van der Waals surface area contributed by atoms with Gasteiger partial charge < -0.3 is 9.05 Å². The normalized spacial score (nSPS) is 13.7. The molecule has 0 aliphatic rings. The predicted octanol–water partition coefficient (Wildman–Crippen LogP) is 1.02. The molecule has 19 heavy (non-hydrogen) atoms. The molecule has 2 heterocycles. The molecule has 104 valence electrons. The van der Waals surface area contributed by atoms with Gasteiger partial charge in [-0.1, -0.05) is 10.3 Å². The first-order chi connectivity index (χ1) is 8.81. The summed E-state index contributed by atoms with van der Waals surface area (Å²) in [5, 5.41) is 7.23. The first-order valence-corrected chi connectivity index (χ1v) is 7.05. The first kappa shape index (κ1) is 13.7. The van der Waals surface area contributed by atoms with Crippen molar-refractivity contribution in [2.75, 3.05) is 0 Å². The van der Waals surface area contributed by atoms with E-state index in [9.17, 15) is 8.42 Å². The summed E-state index contributed by atoms with van der Waals surface area (Å²) in [7, 11) is -3.75. The summed E-state index contributed by atoms with van der Waals surface area (Å²) >= 11 is 0. The highest BCUT2D eigenvalue weighted by Gasteiger charge is 2.27. The Balaban J connectivity index is 2.27. The molecule has 0 fully saturated rings. The van der Waals surface area contributed by atoms with Gasteiger partial charge in [-0.2, -0.15) is 9.71 Å². The molecule has 0 radical (unpaired) electrons. The van der Waals surface area contributed by atoms with E-state index >= 15 is 0 Å². The number of nitrogens with one attached hydrogen (secondary N) is 1. The summed E-state index contributed by atoms with van der Waals surface area (Å²) in [4.78, 5) is 4.01. The molecule has 1 unspecified atom stereocenters. The van der Waals surface area contributed by atoms with Gasteiger partial charge in [0.15, 0.2) is 11.6 Å². The van der Waals surface area contributed by atoms with Crippen molar-refractivity contribution in [3.8, 4) is 0 Å². The topological polar surface area (TPSA) is 111 Å². The van der Waals surface area contributed by atoms with Gasteiger partial charge in [-0.3, -0.25) is 0 Å². The molecule has 9 heteroatoms. The molecule has 8 nitrogen and oxygen atoms in total. The third kappa shape index (κ3) is 2.66. The van der Waals surface area contributed by atoms with E-state index in [1.165, 1.54) is 6.92 Å². The molecule has 1 atom stereocenters. The van der Waals surface area contributed by atoms with Gasteiger partial charge in [0.2, 0.25) is 15.9 Å². The van der Waals surface area contributed by atoms with Crippen LogP contribution in [0, 0.1) is 20.8 Å². The van der Waals surface area contributed by atoms with Gasteiger partial charge in [0, 0.05) is 0 Å². The van der Waals surface area contributed by atoms with Gasteiger partial charge >= 0.3 is 0 Å². The number of rotatable bonds is 4. The Morgan fingerprint density at radius 1 is 1.16 bits per heavy atom. The maximum absolute atomic E-state index is 12.2. The standard InChI is InChI=1S/C10H14N4O4S/c1-5-9(7(3)17-12-5)19(15,16)14-6(2)10-11-8(4)13-18-10/h6,14H,1-4H3. The maximum Gasteiger partial charge on any atom is 0.246 e. The Labute approximate surface area is 110 Å². The van der Waals surface area contributed by atoms with Crippen molar-refractivity contribution in [1.82, 2.24) is 20.0 Å². The van der Waals surface area contributed by atoms with E-state index in [1.807, 2.05) is 0 Å². The van der Waals surface area contributed by atoms with Crippen LogP contribution in [0.15, 0.2) is 13.9 Å². The van der Waals surface area contributed by atoms with Crippen molar-refractivity contribution < 1.29 is 17.5 Å². The van der Waals surface area contributed by atoms with Gasteiger partial charge in [-0.25, -0.2) is 8.42 Å². The van der Waals surface area contributed by atoms with Crippen molar-refractivity contribution in [3.63, 3.8) is 0 Å². The zero-order chi connectivity index (χ0) is 14.2. The lowest BCUT2D eigenvalue weighted by atomic mass is 10.4. The average molecular weight is 286 g/mol. The molecule has 2 aromatic rings. The fraction of sp³-hybridized carbons (Fsp3) is 0.500. The second kappa shape index (κ2) is 4.74. The molecule has 1 N–H and O–H groups in total. The minimum absolute atomic E-state index is 0.0376. The van der Waals surface area contributed by atoms with Crippen LogP contribution in [0.3, 0.4) is 0 Å². The maximum atomic E-state index is 12.2. The van der Waals surface area contributed by atoms with Crippen LogP contribution >= 0.6 is 0 Å². The molecule has 2 aromatic heterocycles. The van der Waals surface area contributed by atoms with Crippen LogP contribution in [0.2, 0.25) is 0 Å². The van der Waals surface area contributed by atoms with Crippen LogP contribution in [0.4, 0.5) is 0 Å². The largest absolute Gasteiger partial charge is 0.360 e. The van der Waals surface area contributed by atoms with E-state index in [0.29, 0.717) is 11.5 Å². The van der Waals surface area contributed by atoms with Gasteiger partial charge in [-0.15, -0.1) is 0 Å². The second-order valence-corrected chi connectivity index (χ2v) is 5.83. The van der Waals surface area contributed by atoms with Crippen molar-refractivity contribution in [3.05, 3.63) is 23.2 Å². The quantitative estimate of drug-likeness (QED) is 0.893. The summed E-state index contributed by atoms with van der Waals surface area (Å²) < 4.78 is 36.7. The molecule has 0 aliphatic carbocycles. The summed E-state index contributed by atoms with van der Waals surface area (Å²) in [6, 6.07) is -0.639.